The molecule has 1 rings (SSSR count). The maximum Gasteiger partial charge on any atom is 0.122 e. The zero-order chi connectivity index (χ0) is 12.2. The Labute approximate surface area is 99.8 Å². The molecule has 0 aromatic heterocycles. The third kappa shape index (κ3) is 4.26. The minimum atomic E-state index is 0.428. The van der Waals surface area contributed by atoms with Gasteiger partial charge in [-0.05, 0) is 43.2 Å². The highest BCUT2D eigenvalue weighted by molar-refractivity contribution is 5.36. The summed E-state index contributed by atoms with van der Waals surface area (Å²) in [5, 5.41) is 0. The van der Waals surface area contributed by atoms with Crippen molar-refractivity contribution in [2.45, 2.75) is 47.0 Å². The number of methoxy groups -OCH3 is 1. The van der Waals surface area contributed by atoms with Crippen molar-refractivity contribution in [3.8, 4) is 5.75 Å². The molecule has 90 valence electrons. The summed E-state index contributed by atoms with van der Waals surface area (Å²) in [6, 6.07) is 6.41. The highest BCUT2D eigenvalue weighted by atomic mass is 16.5. The van der Waals surface area contributed by atoms with E-state index in [4.69, 9.17) is 4.74 Å². The fourth-order valence-corrected chi connectivity index (χ4v) is 1.91. The Balaban J connectivity index is 2.62. The van der Waals surface area contributed by atoms with Gasteiger partial charge in [-0.15, -0.1) is 0 Å². The average molecular weight is 220 g/mol. The predicted octanol–water partition coefficient (Wildman–Crippen LogP) is 4.37. The Kier molecular flexibility index (Phi) is 4.40. The maximum absolute atomic E-state index is 5.38. The van der Waals surface area contributed by atoms with Gasteiger partial charge in [0.15, 0.2) is 0 Å². The number of hydrogen-bond acceptors (Lipinski definition) is 1. The number of benzene rings is 1. The van der Waals surface area contributed by atoms with Gasteiger partial charge in [0.1, 0.15) is 5.75 Å². The van der Waals surface area contributed by atoms with E-state index < -0.39 is 0 Å². The van der Waals surface area contributed by atoms with Crippen molar-refractivity contribution in [1.29, 1.82) is 0 Å². The van der Waals surface area contributed by atoms with E-state index in [1.165, 1.54) is 24.0 Å². The molecule has 1 aromatic rings. The molecule has 0 saturated carbocycles. The molecule has 0 heterocycles. The highest BCUT2D eigenvalue weighted by Crippen LogP contribution is 2.25. The molecule has 1 aromatic carbocycles. The van der Waals surface area contributed by atoms with Gasteiger partial charge < -0.3 is 4.74 Å². The Hall–Kier alpha value is -0.980. The standard InChI is InChI=1S/C15H24O/c1-12-8-9-14(16-5)13(11-12)7-6-10-15(2,3)4/h8-9,11H,6-7,10H2,1-5H3. The average Bonchev–Trinajstić information content (AvgIpc) is 2.16. The van der Waals surface area contributed by atoms with Crippen LogP contribution in [0, 0.1) is 12.3 Å². The number of hydrogen-bond donors (Lipinski definition) is 0. The normalized spacial score (nSPS) is 11.6. The third-order valence-electron chi connectivity index (χ3n) is 2.81. The zero-order valence-corrected chi connectivity index (χ0v) is 11.3. The molecular weight excluding hydrogens is 196 g/mol. The van der Waals surface area contributed by atoms with Gasteiger partial charge in [-0.3, -0.25) is 0 Å². The first kappa shape index (κ1) is 13.1. The molecule has 1 heteroatoms. The largest absolute Gasteiger partial charge is 0.496 e. The van der Waals surface area contributed by atoms with Crippen LogP contribution in [0.4, 0.5) is 0 Å². The maximum atomic E-state index is 5.38. The summed E-state index contributed by atoms with van der Waals surface area (Å²) < 4.78 is 5.38. The van der Waals surface area contributed by atoms with E-state index in [1.807, 2.05) is 0 Å². The van der Waals surface area contributed by atoms with E-state index in [9.17, 15) is 0 Å². The smallest absolute Gasteiger partial charge is 0.122 e. The summed E-state index contributed by atoms with van der Waals surface area (Å²) in [7, 11) is 1.75. The Morgan fingerprint density at radius 3 is 2.44 bits per heavy atom. The van der Waals surface area contributed by atoms with Gasteiger partial charge >= 0.3 is 0 Å². The topological polar surface area (TPSA) is 9.23 Å². The number of rotatable bonds is 4. The van der Waals surface area contributed by atoms with E-state index in [0.717, 1.165) is 12.2 Å². The van der Waals surface area contributed by atoms with Crippen LogP contribution < -0.4 is 4.74 Å². The lowest BCUT2D eigenvalue weighted by atomic mass is 9.89. The molecule has 0 amide bonds. The molecule has 0 radical (unpaired) electrons. The highest BCUT2D eigenvalue weighted by Gasteiger charge is 2.10. The number of aryl methyl sites for hydroxylation is 2. The first-order chi connectivity index (χ1) is 7.42. The second-order valence-electron chi connectivity index (χ2n) is 5.73. The second kappa shape index (κ2) is 5.38. The van der Waals surface area contributed by atoms with Crippen LogP contribution in [0.1, 0.15) is 44.7 Å². The van der Waals surface area contributed by atoms with Crippen LogP contribution in [0.25, 0.3) is 0 Å². The lowest BCUT2D eigenvalue weighted by Gasteiger charge is -2.18. The summed E-state index contributed by atoms with van der Waals surface area (Å²) in [4.78, 5) is 0. The zero-order valence-electron chi connectivity index (χ0n) is 11.3. The molecule has 0 fully saturated rings. The molecule has 0 saturated heterocycles. The summed E-state index contributed by atoms with van der Waals surface area (Å²) in [6.45, 7) is 9.01. The molecule has 0 spiro atoms. The van der Waals surface area contributed by atoms with Crippen molar-refractivity contribution in [1.82, 2.24) is 0 Å². The van der Waals surface area contributed by atoms with Crippen LogP contribution in [0.5, 0.6) is 5.75 Å². The first-order valence-electron chi connectivity index (χ1n) is 6.06. The van der Waals surface area contributed by atoms with Gasteiger partial charge in [0.2, 0.25) is 0 Å². The second-order valence-corrected chi connectivity index (χ2v) is 5.73. The van der Waals surface area contributed by atoms with Crippen molar-refractivity contribution >= 4 is 0 Å². The van der Waals surface area contributed by atoms with E-state index in [2.05, 4.69) is 45.9 Å². The van der Waals surface area contributed by atoms with E-state index in [1.54, 1.807) is 7.11 Å². The molecule has 0 aliphatic heterocycles. The quantitative estimate of drug-likeness (QED) is 0.732. The van der Waals surface area contributed by atoms with Crippen molar-refractivity contribution < 1.29 is 4.74 Å². The first-order valence-corrected chi connectivity index (χ1v) is 6.06. The van der Waals surface area contributed by atoms with Crippen LogP contribution in [-0.4, -0.2) is 7.11 Å². The monoisotopic (exact) mass is 220 g/mol. The van der Waals surface area contributed by atoms with Gasteiger partial charge in [0, 0.05) is 0 Å². The molecule has 16 heavy (non-hydrogen) atoms. The van der Waals surface area contributed by atoms with Crippen LogP contribution in [0.2, 0.25) is 0 Å². The van der Waals surface area contributed by atoms with E-state index >= 15 is 0 Å². The fraction of sp³-hybridized carbons (Fsp3) is 0.600. The van der Waals surface area contributed by atoms with E-state index in [-0.39, 0.29) is 0 Å². The molecular formula is C15H24O. The van der Waals surface area contributed by atoms with Gasteiger partial charge in [-0.25, -0.2) is 0 Å². The molecule has 0 unspecified atom stereocenters. The third-order valence-corrected chi connectivity index (χ3v) is 2.81. The molecule has 0 aliphatic carbocycles. The van der Waals surface area contributed by atoms with Crippen molar-refractivity contribution in [3.05, 3.63) is 29.3 Å². The summed E-state index contributed by atoms with van der Waals surface area (Å²) >= 11 is 0. The molecule has 0 aliphatic rings. The lowest BCUT2D eigenvalue weighted by molar-refractivity contribution is 0.362. The SMILES string of the molecule is COc1ccc(C)cc1CCCC(C)(C)C. The van der Waals surface area contributed by atoms with Crippen molar-refractivity contribution in [2.75, 3.05) is 7.11 Å². The van der Waals surface area contributed by atoms with Crippen LogP contribution >= 0.6 is 0 Å². The molecule has 0 atom stereocenters. The van der Waals surface area contributed by atoms with Crippen LogP contribution in [0.3, 0.4) is 0 Å². The Morgan fingerprint density at radius 1 is 1.19 bits per heavy atom. The molecule has 0 N–H and O–H groups in total. The summed E-state index contributed by atoms with van der Waals surface area (Å²) in [6.07, 6.45) is 3.59. The summed E-state index contributed by atoms with van der Waals surface area (Å²) in [5.74, 6) is 1.03. The van der Waals surface area contributed by atoms with Crippen LogP contribution in [-0.2, 0) is 6.42 Å². The number of ether oxygens (including phenoxy) is 1. The van der Waals surface area contributed by atoms with Gasteiger partial charge in [-0.1, -0.05) is 38.5 Å². The van der Waals surface area contributed by atoms with Crippen LogP contribution in [0.15, 0.2) is 18.2 Å². The lowest BCUT2D eigenvalue weighted by Crippen LogP contribution is -2.05. The molecule has 0 bridgehead atoms. The van der Waals surface area contributed by atoms with E-state index in [0.29, 0.717) is 5.41 Å². The Morgan fingerprint density at radius 2 is 1.88 bits per heavy atom. The minimum absolute atomic E-state index is 0.428. The fourth-order valence-electron chi connectivity index (χ4n) is 1.91. The van der Waals surface area contributed by atoms with Crippen molar-refractivity contribution in [2.24, 2.45) is 5.41 Å². The van der Waals surface area contributed by atoms with Gasteiger partial charge in [0.25, 0.3) is 0 Å². The minimum Gasteiger partial charge on any atom is -0.496 e. The predicted molar refractivity (Wildman–Crippen MR) is 70.1 cm³/mol. The van der Waals surface area contributed by atoms with Gasteiger partial charge in [-0.2, -0.15) is 0 Å². The summed E-state index contributed by atoms with van der Waals surface area (Å²) in [5.41, 5.74) is 3.08. The molecule has 1 nitrogen and oxygen atoms in total. The van der Waals surface area contributed by atoms with Gasteiger partial charge in [0.05, 0.1) is 7.11 Å². The Bertz CT molecular complexity index is 334. The van der Waals surface area contributed by atoms with Crippen molar-refractivity contribution in [3.63, 3.8) is 0 Å².